The molecule has 0 N–H and O–H groups in total. The Hall–Kier alpha value is -1.31. The van der Waals surface area contributed by atoms with E-state index in [2.05, 4.69) is 29.5 Å². The van der Waals surface area contributed by atoms with Crippen LogP contribution in [0.2, 0.25) is 0 Å². The quantitative estimate of drug-likeness (QED) is 0.477. The first-order chi connectivity index (χ1) is 6.17. The molecule has 0 aliphatic heterocycles. The topological polar surface area (TPSA) is 15.6 Å². The highest BCUT2D eigenvalue weighted by Crippen LogP contribution is 2.09. The highest BCUT2D eigenvalue weighted by Gasteiger charge is 1.99. The van der Waals surface area contributed by atoms with Crippen LogP contribution in [-0.2, 0) is 0 Å². The van der Waals surface area contributed by atoms with Crippen LogP contribution in [0, 0.1) is 0 Å². The van der Waals surface area contributed by atoms with E-state index < -0.39 is 0 Å². The van der Waals surface area contributed by atoms with Crippen molar-refractivity contribution in [3.05, 3.63) is 36.2 Å². The van der Waals surface area contributed by atoms with E-state index in [1.165, 1.54) is 5.70 Å². The second-order valence-electron chi connectivity index (χ2n) is 2.69. The molecule has 0 radical (unpaired) electrons. The van der Waals surface area contributed by atoms with Crippen LogP contribution in [0.25, 0.3) is 0 Å². The molecular formula is C11H18N2. The maximum absolute atomic E-state index is 3.90. The van der Waals surface area contributed by atoms with Crippen molar-refractivity contribution in [3.63, 3.8) is 0 Å². The summed E-state index contributed by atoms with van der Waals surface area (Å²) < 4.78 is 0. The molecule has 0 bridgehead atoms. The number of likely N-dealkylation sites (N-methyl/N-ethyl adjacent to an activating group) is 1. The summed E-state index contributed by atoms with van der Waals surface area (Å²) in [6.07, 6.45) is 7.56. The third-order valence-corrected chi connectivity index (χ3v) is 1.94. The van der Waals surface area contributed by atoms with E-state index >= 15 is 0 Å². The molecular weight excluding hydrogens is 160 g/mol. The van der Waals surface area contributed by atoms with Gasteiger partial charge in [0.15, 0.2) is 0 Å². The van der Waals surface area contributed by atoms with Gasteiger partial charge in [-0.2, -0.15) is 0 Å². The molecule has 0 heterocycles. The van der Waals surface area contributed by atoms with E-state index in [4.69, 9.17) is 0 Å². The number of nitrogens with zero attached hydrogens (tertiary/aromatic N) is 2. The van der Waals surface area contributed by atoms with Crippen molar-refractivity contribution in [2.24, 2.45) is 4.99 Å². The molecule has 2 nitrogen and oxygen atoms in total. The van der Waals surface area contributed by atoms with Gasteiger partial charge in [0.1, 0.15) is 0 Å². The van der Waals surface area contributed by atoms with Crippen LogP contribution >= 0.6 is 0 Å². The van der Waals surface area contributed by atoms with Gasteiger partial charge < -0.3 is 4.90 Å². The molecule has 0 saturated heterocycles. The average Bonchev–Trinajstić information content (AvgIpc) is 2.17. The lowest BCUT2D eigenvalue weighted by molar-refractivity contribution is 0.537. The summed E-state index contributed by atoms with van der Waals surface area (Å²) in [5, 5.41) is 0. The third kappa shape index (κ3) is 3.74. The molecule has 0 fully saturated rings. The zero-order valence-electron chi connectivity index (χ0n) is 8.91. The molecule has 0 aliphatic carbocycles. The molecule has 0 atom stereocenters. The highest BCUT2D eigenvalue weighted by molar-refractivity contribution is 5.72. The number of allylic oxidation sites excluding steroid dienone is 4. The van der Waals surface area contributed by atoms with Crippen molar-refractivity contribution in [1.82, 2.24) is 4.90 Å². The van der Waals surface area contributed by atoms with Crippen LogP contribution in [0.15, 0.2) is 41.2 Å². The second kappa shape index (κ2) is 6.23. The Morgan fingerprint density at radius 1 is 1.46 bits per heavy atom. The Kier molecular flexibility index (Phi) is 5.60. The number of hydrogen-bond acceptors (Lipinski definition) is 2. The number of hydrogen-bond donors (Lipinski definition) is 0. The molecule has 0 spiro atoms. The lowest BCUT2D eigenvalue weighted by Gasteiger charge is -2.20. The van der Waals surface area contributed by atoms with Crippen LogP contribution in [-0.4, -0.2) is 25.2 Å². The van der Waals surface area contributed by atoms with Crippen LogP contribution < -0.4 is 0 Å². The van der Waals surface area contributed by atoms with Gasteiger partial charge in [0.05, 0.1) is 0 Å². The Labute approximate surface area is 81.0 Å². The fourth-order valence-electron chi connectivity index (χ4n) is 0.865. The van der Waals surface area contributed by atoms with E-state index in [9.17, 15) is 0 Å². The lowest BCUT2D eigenvalue weighted by Crippen LogP contribution is -2.13. The molecule has 0 aromatic rings. The van der Waals surface area contributed by atoms with Crippen LogP contribution in [0.5, 0.6) is 0 Å². The van der Waals surface area contributed by atoms with E-state index in [1.54, 1.807) is 13.3 Å². The summed E-state index contributed by atoms with van der Waals surface area (Å²) in [5.41, 5.74) is 2.23. The normalized spacial score (nSPS) is 13.5. The second-order valence-corrected chi connectivity index (χ2v) is 2.69. The number of aliphatic imine (C=N–C) groups is 1. The highest BCUT2D eigenvalue weighted by atomic mass is 15.1. The van der Waals surface area contributed by atoms with E-state index in [1.807, 2.05) is 26.1 Å². The smallest absolute Gasteiger partial charge is 0.0414 e. The predicted octanol–water partition coefficient (Wildman–Crippen LogP) is 2.61. The van der Waals surface area contributed by atoms with Gasteiger partial charge in [-0.3, -0.25) is 4.99 Å². The van der Waals surface area contributed by atoms with E-state index in [0.717, 1.165) is 5.70 Å². The monoisotopic (exact) mass is 178 g/mol. The first-order valence-electron chi connectivity index (χ1n) is 4.28. The van der Waals surface area contributed by atoms with Gasteiger partial charge in [-0.25, -0.2) is 0 Å². The van der Waals surface area contributed by atoms with Crippen molar-refractivity contribution in [2.45, 2.75) is 13.8 Å². The SMILES string of the molecule is C=C/C(=C\C=NC)N(C)/C(C)=C/C. The third-order valence-electron chi connectivity index (χ3n) is 1.94. The molecule has 0 saturated carbocycles. The van der Waals surface area contributed by atoms with Crippen molar-refractivity contribution >= 4 is 6.21 Å². The Morgan fingerprint density at radius 3 is 2.46 bits per heavy atom. The zero-order valence-corrected chi connectivity index (χ0v) is 8.91. The first kappa shape index (κ1) is 11.7. The van der Waals surface area contributed by atoms with Crippen molar-refractivity contribution in [2.75, 3.05) is 14.1 Å². The standard InChI is InChI=1S/C11H18N2/c1-6-10(3)13(5)11(7-2)8-9-12-4/h6-9H,2H2,1,3-5H3/b10-6+,11-8+,12-9?. The minimum atomic E-state index is 1.04. The molecule has 13 heavy (non-hydrogen) atoms. The minimum absolute atomic E-state index is 1.04. The Morgan fingerprint density at radius 2 is 2.08 bits per heavy atom. The molecule has 0 rings (SSSR count). The van der Waals surface area contributed by atoms with Crippen LogP contribution in [0.3, 0.4) is 0 Å². The van der Waals surface area contributed by atoms with Crippen molar-refractivity contribution in [3.8, 4) is 0 Å². The minimum Gasteiger partial charge on any atom is -0.349 e. The molecule has 0 unspecified atom stereocenters. The summed E-state index contributed by atoms with van der Waals surface area (Å²) in [6, 6.07) is 0. The van der Waals surface area contributed by atoms with Gasteiger partial charge in [0.2, 0.25) is 0 Å². The number of rotatable bonds is 4. The fourth-order valence-corrected chi connectivity index (χ4v) is 0.865. The lowest BCUT2D eigenvalue weighted by atomic mass is 10.3. The van der Waals surface area contributed by atoms with Crippen LogP contribution in [0.1, 0.15) is 13.8 Å². The van der Waals surface area contributed by atoms with Crippen LogP contribution in [0.4, 0.5) is 0 Å². The van der Waals surface area contributed by atoms with Gasteiger partial charge in [-0.05, 0) is 26.0 Å². The fraction of sp³-hybridized carbons (Fsp3) is 0.364. The largest absolute Gasteiger partial charge is 0.349 e. The molecule has 2 heteroatoms. The van der Waals surface area contributed by atoms with Crippen molar-refractivity contribution in [1.29, 1.82) is 0 Å². The molecule has 0 amide bonds. The summed E-state index contributed by atoms with van der Waals surface area (Å²) in [4.78, 5) is 5.96. The van der Waals surface area contributed by atoms with Gasteiger partial charge in [-0.1, -0.05) is 12.7 Å². The summed E-state index contributed by atoms with van der Waals surface area (Å²) in [7, 11) is 3.76. The molecule has 0 aromatic carbocycles. The first-order valence-corrected chi connectivity index (χ1v) is 4.28. The predicted molar refractivity (Wildman–Crippen MR) is 59.9 cm³/mol. The summed E-state index contributed by atoms with van der Waals surface area (Å²) in [6.45, 7) is 7.82. The maximum Gasteiger partial charge on any atom is 0.0414 e. The summed E-state index contributed by atoms with van der Waals surface area (Å²) in [5.74, 6) is 0. The van der Waals surface area contributed by atoms with Gasteiger partial charge in [0, 0.05) is 31.7 Å². The van der Waals surface area contributed by atoms with E-state index in [-0.39, 0.29) is 0 Å². The molecule has 72 valence electrons. The average molecular weight is 178 g/mol. The van der Waals surface area contributed by atoms with Gasteiger partial charge in [-0.15, -0.1) is 0 Å². The molecule has 0 aliphatic rings. The van der Waals surface area contributed by atoms with E-state index in [0.29, 0.717) is 0 Å². The van der Waals surface area contributed by atoms with Crippen molar-refractivity contribution < 1.29 is 0 Å². The Bertz CT molecular complexity index is 247. The maximum atomic E-state index is 3.90. The van der Waals surface area contributed by atoms with Gasteiger partial charge >= 0.3 is 0 Å². The Balaban J connectivity index is 4.68. The summed E-state index contributed by atoms with van der Waals surface area (Å²) >= 11 is 0. The molecule has 0 aromatic heterocycles. The van der Waals surface area contributed by atoms with Gasteiger partial charge in [0.25, 0.3) is 0 Å². The zero-order chi connectivity index (χ0) is 10.3.